The number of carbonyl (C=O) groups excluding carboxylic acids is 4. The summed E-state index contributed by atoms with van der Waals surface area (Å²) >= 11 is 1.27. The van der Waals surface area contributed by atoms with Crippen molar-refractivity contribution in [3.8, 4) is 11.1 Å². The van der Waals surface area contributed by atoms with Gasteiger partial charge in [0.15, 0.2) is 5.79 Å². The number of halogens is 2. The molecule has 0 saturated carbocycles. The average molecular weight is 611 g/mol. The molecule has 1 aliphatic carbocycles. The number of thiophene rings is 1. The molecule has 3 aliphatic rings. The lowest BCUT2D eigenvalue weighted by Gasteiger charge is -2.25. The second-order valence-corrected chi connectivity index (χ2v) is 11.7. The van der Waals surface area contributed by atoms with Gasteiger partial charge in [-0.25, -0.2) is 0 Å². The van der Waals surface area contributed by atoms with Crippen LogP contribution >= 0.6 is 11.3 Å². The first kappa shape index (κ1) is 28.9. The van der Waals surface area contributed by atoms with Gasteiger partial charge in [-0.1, -0.05) is 30.3 Å². The summed E-state index contributed by atoms with van der Waals surface area (Å²) in [5.74, 6) is -6.49. The molecule has 43 heavy (non-hydrogen) atoms. The van der Waals surface area contributed by atoms with Crippen LogP contribution in [0.2, 0.25) is 0 Å². The van der Waals surface area contributed by atoms with Crippen LogP contribution in [-0.4, -0.2) is 66.7 Å². The molecule has 3 aromatic rings. The normalized spacial score (nSPS) is 20.0. The zero-order valence-electron chi connectivity index (χ0n) is 23.0. The fraction of sp³-hybridized carbons (Fsp3) is 0.333. The number of rotatable bonds is 7. The number of nitrogens with two attached hydrogens (primary N) is 1. The smallest absolute Gasteiger partial charge is 0.299 e. The molecule has 4 amide bonds. The third kappa shape index (κ3) is 5.17. The van der Waals surface area contributed by atoms with Crippen molar-refractivity contribution in [2.45, 2.75) is 37.1 Å². The SMILES string of the molecule is C[C@@H](NC(=O)[C@@H]1CC2(CN1C(=O)CNC(=O)c1ccc3c(c1)-c1ccccc1C3(F)F)OCCO2)c1cc(C(N)=O)cs1. The maximum Gasteiger partial charge on any atom is 0.299 e. The quantitative estimate of drug-likeness (QED) is 0.376. The average Bonchev–Trinajstić information content (AvgIpc) is 3.78. The molecule has 3 heterocycles. The van der Waals surface area contributed by atoms with Gasteiger partial charge in [-0.15, -0.1) is 11.3 Å². The molecule has 1 spiro atoms. The summed E-state index contributed by atoms with van der Waals surface area (Å²) in [6.07, 6.45) is 0.0979. The molecule has 6 rings (SSSR count). The molecule has 10 nitrogen and oxygen atoms in total. The molecule has 224 valence electrons. The highest BCUT2D eigenvalue weighted by atomic mass is 32.1. The van der Waals surface area contributed by atoms with E-state index in [1.54, 1.807) is 30.5 Å². The number of hydrogen-bond acceptors (Lipinski definition) is 7. The highest BCUT2D eigenvalue weighted by Crippen LogP contribution is 2.51. The highest BCUT2D eigenvalue weighted by molar-refractivity contribution is 7.10. The van der Waals surface area contributed by atoms with Gasteiger partial charge in [0.05, 0.1) is 37.9 Å². The topological polar surface area (TPSA) is 140 Å². The molecule has 2 aliphatic heterocycles. The molecule has 2 aromatic carbocycles. The highest BCUT2D eigenvalue weighted by Gasteiger charge is 2.52. The van der Waals surface area contributed by atoms with E-state index < -0.39 is 54.0 Å². The van der Waals surface area contributed by atoms with Crippen LogP contribution in [0, 0.1) is 0 Å². The zero-order chi connectivity index (χ0) is 30.5. The Hall–Kier alpha value is -4.20. The minimum Gasteiger partial charge on any atom is -0.366 e. The van der Waals surface area contributed by atoms with Crippen LogP contribution in [0.3, 0.4) is 0 Å². The molecule has 2 saturated heterocycles. The third-order valence-electron chi connectivity index (χ3n) is 7.99. The summed E-state index contributed by atoms with van der Waals surface area (Å²) in [5.41, 5.74) is 6.09. The van der Waals surface area contributed by atoms with Crippen molar-refractivity contribution in [1.29, 1.82) is 0 Å². The largest absolute Gasteiger partial charge is 0.366 e. The van der Waals surface area contributed by atoms with E-state index in [4.69, 9.17) is 15.2 Å². The molecule has 4 N–H and O–H groups in total. The molecule has 13 heteroatoms. The summed E-state index contributed by atoms with van der Waals surface area (Å²) in [6.45, 7) is 1.93. The third-order valence-corrected chi connectivity index (χ3v) is 9.11. The van der Waals surface area contributed by atoms with Crippen molar-refractivity contribution in [2.24, 2.45) is 5.73 Å². The first-order valence-corrected chi connectivity index (χ1v) is 14.5. The lowest BCUT2D eigenvalue weighted by molar-refractivity contribution is -0.152. The molecule has 0 radical (unpaired) electrons. The molecular weight excluding hydrogens is 582 g/mol. The number of ether oxygens (including phenoxy) is 2. The zero-order valence-corrected chi connectivity index (χ0v) is 23.8. The predicted octanol–water partition coefficient (Wildman–Crippen LogP) is 2.92. The van der Waals surface area contributed by atoms with Crippen LogP contribution < -0.4 is 16.4 Å². The van der Waals surface area contributed by atoms with Crippen molar-refractivity contribution in [1.82, 2.24) is 15.5 Å². The van der Waals surface area contributed by atoms with Gasteiger partial charge >= 0.3 is 0 Å². The fourth-order valence-electron chi connectivity index (χ4n) is 5.81. The van der Waals surface area contributed by atoms with Crippen molar-refractivity contribution in [2.75, 3.05) is 26.3 Å². The summed E-state index contributed by atoms with van der Waals surface area (Å²) in [5, 5.41) is 7.04. The monoisotopic (exact) mass is 610 g/mol. The summed E-state index contributed by atoms with van der Waals surface area (Å²) in [4.78, 5) is 53.3. The van der Waals surface area contributed by atoms with Crippen LogP contribution in [0.1, 0.15) is 56.1 Å². The first-order valence-electron chi connectivity index (χ1n) is 13.7. The van der Waals surface area contributed by atoms with E-state index in [9.17, 15) is 28.0 Å². The molecular formula is C30H28F2N4O6S. The Morgan fingerprint density at radius 1 is 1.05 bits per heavy atom. The van der Waals surface area contributed by atoms with Crippen molar-refractivity contribution >= 4 is 35.0 Å². The number of amides is 4. The molecule has 0 bridgehead atoms. The summed E-state index contributed by atoms with van der Waals surface area (Å²) < 4.78 is 41.3. The Morgan fingerprint density at radius 2 is 1.77 bits per heavy atom. The second kappa shape index (κ2) is 10.8. The minimum atomic E-state index is -3.17. The van der Waals surface area contributed by atoms with Gasteiger partial charge < -0.3 is 30.7 Å². The van der Waals surface area contributed by atoms with Crippen molar-refractivity contribution in [3.63, 3.8) is 0 Å². The fourth-order valence-corrected chi connectivity index (χ4v) is 6.72. The number of fused-ring (bicyclic) bond motifs is 3. The maximum absolute atomic E-state index is 14.9. The van der Waals surface area contributed by atoms with Gasteiger partial charge in [-0.2, -0.15) is 8.78 Å². The van der Waals surface area contributed by atoms with Gasteiger partial charge in [-0.3, -0.25) is 19.2 Å². The van der Waals surface area contributed by atoms with Gasteiger partial charge in [0.2, 0.25) is 17.7 Å². The number of carbonyl (C=O) groups is 4. The van der Waals surface area contributed by atoms with Gasteiger partial charge in [0, 0.05) is 33.4 Å². The Kier molecular flexibility index (Phi) is 7.27. The number of alkyl halides is 2. The van der Waals surface area contributed by atoms with Crippen LogP contribution in [0.4, 0.5) is 8.78 Å². The molecule has 2 atom stereocenters. The molecule has 1 aromatic heterocycles. The Labute approximate surface area is 249 Å². The van der Waals surface area contributed by atoms with Gasteiger partial charge in [-0.05, 0) is 36.2 Å². The predicted molar refractivity (Wildman–Crippen MR) is 151 cm³/mol. The lowest BCUT2D eigenvalue weighted by Crippen LogP contribution is -2.49. The van der Waals surface area contributed by atoms with E-state index in [0.29, 0.717) is 29.2 Å². The lowest BCUT2D eigenvalue weighted by atomic mass is 10.0. The second-order valence-electron chi connectivity index (χ2n) is 10.7. The van der Waals surface area contributed by atoms with E-state index in [2.05, 4.69) is 10.6 Å². The number of primary amides is 1. The Morgan fingerprint density at radius 3 is 2.49 bits per heavy atom. The van der Waals surface area contributed by atoms with Gasteiger partial charge in [0.1, 0.15) is 6.04 Å². The summed E-state index contributed by atoms with van der Waals surface area (Å²) in [6, 6.07) is 10.3. The van der Waals surface area contributed by atoms with E-state index in [-0.39, 0.29) is 35.2 Å². The van der Waals surface area contributed by atoms with Crippen LogP contribution in [-0.2, 0) is 25.0 Å². The molecule has 0 unspecified atom stereocenters. The Bertz CT molecular complexity index is 1640. The molecule has 2 fully saturated rings. The van der Waals surface area contributed by atoms with E-state index in [0.717, 1.165) is 0 Å². The van der Waals surface area contributed by atoms with E-state index >= 15 is 0 Å². The van der Waals surface area contributed by atoms with Gasteiger partial charge in [0.25, 0.3) is 11.8 Å². The number of nitrogens with one attached hydrogen (secondary N) is 2. The first-order chi connectivity index (χ1) is 20.5. The van der Waals surface area contributed by atoms with E-state index in [1.807, 2.05) is 0 Å². The Balaban J connectivity index is 1.15. The number of benzene rings is 2. The summed E-state index contributed by atoms with van der Waals surface area (Å²) in [7, 11) is 0. The van der Waals surface area contributed by atoms with E-state index in [1.165, 1.54) is 46.6 Å². The number of nitrogens with zero attached hydrogens (tertiary/aromatic N) is 1. The van der Waals surface area contributed by atoms with Crippen molar-refractivity contribution < 1.29 is 37.4 Å². The number of likely N-dealkylation sites (tertiary alicyclic amines) is 1. The van der Waals surface area contributed by atoms with Crippen LogP contribution in [0.25, 0.3) is 11.1 Å². The van der Waals surface area contributed by atoms with Crippen molar-refractivity contribution in [3.05, 3.63) is 81.0 Å². The standard InChI is InChI=1S/C30H28F2N4O6S/c1-16(24-11-18(14-43-24)26(33)38)35-28(40)23-12-29(41-8-9-42-29)15-36(23)25(37)13-34-27(39)17-6-7-22-20(10-17)19-4-2-3-5-21(19)30(22,31)32/h2-7,10-11,14,16,23H,8-9,12-13,15H2,1H3,(H2,33,38)(H,34,39)(H,35,40)/t16-,23+/m1/s1. The van der Waals surface area contributed by atoms with Crippen LogP contribution in [0.5, 0.6) is 0 Å². The maximum atomic E-state index is 14.9. The number of hydrogen-bond donors (Lipinski definition) is 3. The minimum absolute atomic E-state index is 0.0102. The van der Waals surface area contributed by atoms with Crippen LogP contribution in [0.15, 0.2) is 53.9 Å².